The van der Waals surface area contributed by atoms with E-state index in [9.17, 15) is 18.8 Å². The van der Waals surface area contributed by atoms with Gasteiger partial charge in [0.15, 0.2) is 6.61 Å². The molecule has 0 radical (unpaired) electrons. The molecule has 0 aliphatic rings. The summed E-state index contributed by atoms with van der Waals surface area (Å²) in [6.45, 7) is -0.695. The molecule has 8 heteroatoms. The highest BCUT2D eigenvalue weighted by Crippen LogP contribution is 2.15. The maximum absolute atomic E-state index is 12.8. The highest BCUT2D eigenvalue weighted by molar-refractivity contribution is 7.98. The molecule has 1 N–H and O–H groups in total. The van der Waals surface area contributed by atoms with Crippen LogP contribution in [0.5, 0.6) is 0 Å². The minimum absolute atomic E-state index is 0.226. The third-order valence-electron chi connectivity index (χ3n) is 3.59. The average molecular weight is 390 g/mol. The fourth-order valence-electron chi connectivity index (χ4n) is 2.09. The van der Waals surface area contributed by atoms with E-state index in [2.05, 4.69) is 5.32 Å². The molecule has 2 aromatic rings. The van der Waals surface area contributed by atoms with Crippen LogP contribution in [-0.4, -0.2) is 49.1 Å². The molecule has 0 aliphatic heterocycles. The van der Waals surface area contributed by atoms with Gasteiger partial charge in [-0.3, -0.25) is 9.59 Å². The Morgan fingerprint density at radius 1 is 1.07 bits per heavy atom. The molecule has 142 valence electrons. The number of benzene rings is 2. The smallest absolute Gasteiger partial charge is 0.338 e. The zero-order valence-electron chi connectivity index (χ0n) is 14.9. The van der Waals surface area contributed by atoms with Crippen molar-refractivity contribution in [3.8, 4) is 0 Å². The lowest BCUT2D eigenvalue weighted by Crippen LogP contribution is -2.37. The van der Waals surface area contributed by atoms with Crippen LogP contribution in [0, 0.1) is 5.82 Å². The van der Waals surface area contributed by atoms with Crippen molar-refractivity contribution in [2.75, 3.05) is 31.8 Å². The summed E-state index contributed by atoms with van der Waals surface area (Å²) in [6, 6.07) is 12.1. The number of likely N-dealkylation sites (N-methyl/N-ethyl adjacent to an activating group) is 1. The lowest BCUT2D eigenvalue weighted by molar-refractivity contribution is -0.136. The molecular formula is C19H19FN2O4S. The summed E-state index contributed by atoms with van der Waals surface area (Å²) < 4.78 is 17.8. The van der Waals surface area contributed by atoms with E-state index >= 15 is 0 Å². The number of carbonyl (C=O) groups is 3. The number of esters is 1. The Labute approximate surface area is 160 Å². The third kappa shape index (κ3) is 6.41. The molecule has 0 heterocycles. The van der Waals surface area contributed by atoms with E-state index in [1.165, 1.54) is 31.3 Å². The van der Waals surface area contributed by atoms with Crippen LogP contribution >= 0.6 is 11.8 Å². The van der Waals surface area contributed by atoms with Crippen molar-refractivity contribution in [1.82, 2.24) is 4.90 Å². The summed E-state index contributed by atoms with van der Waals surface area (Å²) in [7, 11) is 1.42. The molecule has 0 fully saturated rings. The lowest BCUT2D eigenvalue weighted by atomic mass is 10.2. The SMILES string of the molecule is CSc1ccc(C(=O)OCC(=O)N(C)CC(=O)Nc2ccc(F)cc2)cc1. The Morgan fingerprint density at radius 2 is 1.70 bits per heavy atom. The first-order chi connectivity index (χ1) is 12.9. The Balaban J connectivity index is 1.79. The van der Waals surface area contributed by atoms with Crippen molar-refractivity contribution in [2.45, 2.75) is 4.90 Å². The summed E-state index contributed by atoms with van der Waals surface area (Å²) in [5.41, 5.74) is 0.764. The van der Waals surface area contributed by atoms with Crippen molar-refractivity contribution in [3.05, 3.63) is 59.9 Å². The second-order valence-electron chi connectivity index (χ2n) is 5.61. The molecule has 2 aromatic carbocycles. The van der Waals surface area contributed by atoms with Gasteiger partial charge in [-0.2, -0.15) is 0 Å². The van der Waals surface area contributed by atoms with Crippen molar-refractivity contribution in [2.24, 2.45) is 0 Å². The molecule has 0 unspecified atom stereocenters. The van der Waals surface area contributed by atoms with Crippen molar-refractivity contribution >= 4 is 35.2 Å². The van der Waals surface area contributed by atoms with Gasteiger partial charge in [0.05, 0.1) is 12.1 Å². The van der Waals surface area contributed by atoms with Crippen molar-refractivity contribution < 1.29 is 23.5 Å². The molecule has 6 nitrogen and oxygen atoms in total. The molecule has 2 rings (SSSR count). The largest absolute Gasteiger partial charge is 0.452 e. The van der Waals surface area contributed by atoms with Gasteiger partial charge in [-0.25, -0.2) is 9.18 Å². The molecule has 0 spiro atoms. The van der Waals surface area contributed by atoms with Crippen LogP contribution in [-0.2, 0) is 14.3 Å². The van der Waals surface area contributed by atoms with Gasteiger partial charge >= 0.3 is 5.97 Å². The quantitative estimate of drug-likeness (QED) is 0.581. The standard InChI is InChI=1S/C19H19FN2O4S/c1-22(11-17(23)21-15-7-5-14(20)6-8-15)18(24)12-26-19(25)13-3-9-16(27-2)10-4-13/h3-10H,11-12H2,1-2H3,(H,21,23). The maximum atomic E-state index is 12.8. The predicted molar refractivity (Wildman–Crippen MR) is 101 cm³/mol. The van der Waals surface area contributed by atoms with Crippen LogP contribution in [0.25, 0.3) is 0 Å². The average Bonchev–Trinajstić information content (AvgIpc) is 2.67. The highest BCUT2D eigenvalue weighted by atomic mass is 32.2. The van der Waals surface area contributed by atoms with Gasteiger partial charge in [0.1, 0.15) is 5.82 Å². The van der Waals surface area contributed by atoms with E-state index in [0.717, 1.165) is 9.80 Å². The normalized spacial score (nSPS) is 10.2. The maximum Gasteiger partial charge on any atom is 0.338 e. The number of amides is 2. The van der Waals surface area contributed by atoms with E-state index < -0.39 is 30.2 Å². The lowest BCUT2D eigenvalue weighted by Gasteiger charge is -2.16. The number of hydrogen-bond donors (Lipinski definition) is 1. The third-order valence-corrected chi connectivity index (χ3v) is 4.33. The second kappa shape index (κ2) is 9.72. The van der Waals surface area contributed by atoms with Gasteiger partial charge in [0.2, 0.25) is 5.91 Å². The van der Waals surface area contributed by atoms with Crippen LogP contribution in [0.4, 0.5) is 10.1 Å². The Hall–Kier alpha value is -2.87. The van der Waals surface area contributed by atoms with Gasteiger partial charge in [-0.05, 0) is 54.8 Å². The summed E-state index contributed by atoms with van der Waals surface area (Å²) in [4.78, 5) is 38.1. The fourth-order valence-corrected chi connectivity index (χ4v) is 2.49. The molecule has 27 heavy (non-hydrogen) atoms. The van der Waals surface area contributed by atoms with Gasteiger partial charge in [0.25, 0.3) is 5.91 Å². The van der Waals surface area contributed by atoms with E-state index in [-0.39, 0.29) is 6.54 Å². The van der Waals surface area contributed by atoms with E-state index in [0.29, 0.717) is 11.3 Å². The first-order valence-electron chi connectivity index (χ1n) is 7.99. The molecular weight excluding hydrogens is 371 g/mol. The number of rotatable bonds is 7. The van der Waals surface area contributed by atoms with Crippen LogP contribution in [0.3, 0.4) is 0 Å². The molecule has 0 aliphatic carbocycles. The number of nitrogens with one attached hydrogen (secondary N) is 1. The molecule has 0 bridgehead atoms. The first kappa shape index (κ1) is 20.4. The predicted octanol–water partition coefficient (Wildman–Crippen LogP) is 2.80. The van der Waals surface area contributed by atoms with Crippen molar-refractivity contribution in [3.63, 3.8) is 0 Å². The summed E-state index contributed by atoms with van der Waals surface area (Å²) in [5.74, 6) is -1.99. The molecule has 0 saturated heterocycles. The first-order valence-corrected chi connectivity index (χ1v) is 9.22. The number of hydrogen-bond acceptors (Lipinski definition) is 5. The monoisotopic (exact) mass is 390 g/mol. The topological polar surface area (TPSA) is 75.7 Å². The molecule has 0 saturated carbocycles. The van der Waals surface area contributed by atoms with Crippen LogP contribution in [0.15, 0.2) is 53.4 Å². The summed E-state index contributed by atoms with van der Waals surface area (Å²) in [5, 5.41) is 2.55. The zero-order chi connectivity index (χ0) is 19.8. The number of carbonyl (C=O) groups excluding carboxylic acids is 3. The number of halogens is 1. The zero-order valence-corrected chi connectivity index (χ0v) is 15.7. The number of ether oxygens (including phenoxy) is 1. The van der Waals surface area contributed by atoms with Crippen LogP contribution < -0.4 is 5.32 Å². The highest BCUT2D eigenvalue weighted by Gasteiger charge is 2.16. The van der Waals surface area contributed by atoms with Crippen molar-refractivity contribution in [1.29, 1.82) is 0 Å². The van der Waals surface area contributed by atoms with Gasteiger partial charge < -0.3 is 15.0 Å². The second-order valence-corrected chi connectivity index (χ2v) is 6.49. The number of anilines is 1. The van der Waals surface area contributed by atoms with Gasteiger partial charge in [-0.15, -0.1) is 11.8 Å². The molecule has 2 amide bonds. The van der Waals surface area contributed by atoms with Crippen LogP contribution in [0.1, 0.15) is 10.4 Å². The Morgan fingerprint density at radius 3 is 2.30 bits per heavy atom. The number of thioether (sulfide) groups is 1. The van der Waals surface area contributed by atoms with Gasteiger partial charge in [-0.1, -0.05) is 0 Å². The van der Waals surface area contributed by atoms with E-state index in [1.54, 1.807) is 36.0 Å². The van der Waals surface area contributed by atoms with E-state index in [1.807, 2.05) is 6.26 Å². The molecule has 0 atom stereocenters. The summed E-state index contributed by atoms with van der Waals surface area (Å²) >= 11 is 1.55. The molecule has 0 aromatic heterocycles. The summed E-state index contributed by atoms with van der Waals surface area (Å²) in [6.07, 6.45) is 1.92. The minimum atomic E-state index is -0.611. The Kier molecular flexibility index (Phi) is 7.36. The fraction of sp³-hybridized carbons (Fsp3) is 0.211. The van der Waals surface area contributed by atoms with E-state index in [4.69, 9.17) is 4.74 Å². The van der Waals surface area contributed by atoms with Crippen LogP contribution in [0.2, 0.25) is 0 Å². The van der Waals surface area contributed by atoms with Gasteiger partial charge in [0, 0.05) is 17.6 Å². The Bertz CT molecular complexity index is 809. The minimum Gasteiger partial charge on any atom is -0.452 e. The number of nitrogens with zero attached hydrogens (tertiary/aromatic N) is 1.